The van der Waals surface area contributed by atoms with E-state index in [1.807, 2.05) is 30.3 Å². The summed E-state index contributed by atoms with van der Waals surface area (Å²) in [6, 6.07) is 10.1. The van der Waals surface area contributed by atoms with Gasteiger partial charge in [-0.25, -0.2) is 0 Å². The standard InChI is InChI=1S/C12H12ClIN2S/c1-7(11-4-5-12(13)17-11)16-10-3-2-8(14)6-9(10)15/h2-7,16H,15H2,1H3. The monoisotopic (exact) mass is 378 g/mol. The van der Waals surface area contributed by atoms with Crippen molar-refractivity contribution in [3.8, 4) is 0 Å². The van der Waals surface area contributed by atoms with Gasteiger partial charge in [-0.1, -0.05) is 11.6 Å². The van der Waals surface area contributed by atoms with E-state index in [1.165, 1.54) is 4.88 Å². The Balaban J connectivity index is 2.15. The first kappa shape index (κ1) is 13.0. The lowest BCUT2D eigenvalue weighted by Gasteiger charge is -2.15. The van der Waals surface area contributed by atoms with Gasteiger partial charge in [0.2, 0.25) is 0 Å². The van der Waals surface area contributed by atoms with Crippen molar-refractivity contribution in [3.05, 3.63) is 43.1 Å². The first-order valence-corrected chi connectivity index (χ1v) is 7.40. The number of rotatable bonds is 3. The van der Waals surface area contributed by atoms with E-state index in [-0.39, 0.29) is 6.04 Å². The summed E-state index contributed by atoms with van der Waals surface area (Å²) in [5.74, 6) is 0. The molecule has 0 fully saturated rings. The van der Waals surface area contributed by atoms with Gasteiger partial charge in [-0.2, -0.15) is 0 Å². The number of thiophene rings is 1. The maximum absolute atomic E-state index is 5.96. The fourth-order valence-electron chi connectivity index (χ4n) is 1.53. The van der Waals surface area contributed by atoms with Gasteiger partial charge in [0, 0.05) is 8.45 Å². The van der Waals surface area contributed by atoms with Gasteiger partial charge in [0.1, 0.15) is 0 Å². The molecule has 0 aliphatic rings. The molecule has 1 heterocycles. The lowest BCUT2D eigenvalue weighted by atomic mass is 10.2. The van der Waals surface area contributed by atoms with Crippen molar-refractivity contribution in [2.75, 3.05) is 11.1 Å². The van der Waals surface area contributed by atoms with E-state index in [0.29, 0.717) is 0 Å². The summed E-state index contributed by atoms with van der Waals surface area (Å²) in [4.78, 5) is 1.20. The van der Waals surface area contributed by atoms with E-state index in [0.717, 1.165) is 19.3 Å². The molecule has 2 rings (SSSR count). The van der Waals surface area contributed by atoms with Crippen LogP contribution in [0.2, 0.25) is 4.34 Å². The van der Waals surface area contributed by atoms with Gasteiger partial charge in [0.15, 0.2) is 0 Å². The van der Waals surface area contributed by atoms with Crippen molar-refractivity contribution in [2.24, 2.45) is 0 Å². The average Bonchev–Trinajstić information content (AvgIpc) is 2.69. The highest BCUT2D eigenvalue weighted by Crippen LogP contribution is 2.30. The Morgan fingerprint density at radius 1 is 1.35 bits per heavy atom. The summed E-state index contributed by atoms with van der Waals surface area (Å²) in [6.07, 6.45) is 0. The van der Waals surface area contributed by atoms with Crippen LogP contribution < -0.4 is 11.1 Å². The van der Waals surface area contributed by atoms with Crippen LogP contribution in [0.25, 0.3) is 0 Å². The molecular weight excluding hydrogens is 367 g/mol. The first-order chi connectivity index (χ1) is 8.06. The van der Waals surface area contributed by atoms with Gasteiger partial charge in [0.05, 0.1) is 21.8 Å². The third kappa shape index (κ3) is 3.26. The van der Waals surface area contributed by atoms with Crippen LogP contribution >= 0.6 is 45.5 Å². The van der Waals surface area contributed by atoms with Crippen LogP contribution in [0.4, 0.5) is 11.4 Å². The van der Waals surface area contributed by atoms with Crippen molar-refractivity contribution < 1.29 is 0 Å². The molecule has 0 saturated carbocycles. The van der Waals surface area contributed by atoms with Crippen LogP contribution in [0.3, 0.4) is 0 Å². The zero-order valence-corrected chi connectivity index (χ0v) is 12.9. The Hall–Kier alpha value is -0.460. The number of nitrogen functional groups attached to an aromatic ring is 1. The predicted molar refractivity (Wildman–Crippen MR) is 84.9 cm³/mol. The molecule has 0 aliphatic carbocycles. The molecule has 1 aromatic heterocycles. The number of benzene rings is 1. The minimum atomic E-state index is 0.204. The molecule has 0 radical (unpaired) electrons. The molecule has 90 valence electrons. The molecule has 1 aromatic carbocycles. The molecule has 3 N–H and O–H groups in total. The number of hydrogen-bond donors (Lipinski definition) is 2. The van der Waals surface area contributed by atoms with E-state index in [4.69, 9.17) is 17.3 Å². The van der Waals surface area contributed by atoms with Crippen molar-refractivity contribution in [3.63, 3.8) is 0 Å². The van der Waals surface area contributed by atoms with Crippen molar-refractivity contribution in [1.82, 2.24) is 0 Å². The number of hydrogen-bond acceptors (Lipinski definition) is 3. The third-order valence-electron chi connectivity index (χ3n) is 2.41. The number of nitrogens with one attached hydrogen (secondary N) is 1. The summed E-state index contributed by atoms with van der Waals surface area (Å²) < 4.78 is 1.95. The van der Waals surface area contributed by atoms with Gasteiger partial charge in [0.25, 0.3) is 0 Å². The van der Waals surface area contributed by atoms with Crippen LogP contribution in [-0.2, 0) is 0 Å². The summed E-state index contributed by atoms with van der Waals surface area (Å²) in [6.45, 7) is 2.10. The molecule has 5 heteroatoms. The Kier molecular flexibility index (Phi) is 4.17. The van der Waals surface area contributed by atoms with Gasteiger partial charge in [-0.05, 0) is 59.8 Å². The van der Waals surface area contributed by atoms with E-state index in [2.05, 4.69) is 34.8 Å². The number of halogens is 2. The second kappa shape index (κ2) is 5.46. The predicted octanol–water partition coefficient (Wildman–Crippen LogP) is 4.76. The lowest BCUT2D eigenvalue weighted by molar-refractivity contribution is 0.909. The van der Waals surface area contributed by atoms with Crippen LogP contribution in [0, 0.1) is 3.57 Å². The van der Waals surface area contributed by atoms with E-state index >= 15 is 0 Å². The molecule has 0 saturated heterocycles. The number of nitrogens with two attached hydrogens (primary N) is 1. The Morgan fingerprint density at radius 2 is 2.12 bits per heavy atom. The van der Waals surface area contributed by atoms with Gasteiger partial charge in [-0.15, -0.1) is 11.3 Å². The van der Waals surface area contributed by atoms with Gasteiger partial charge in [-0.3, -0.25) is 0 Å². The molecule has 0 bridgehead atoms. The molecule has 0 aliphatic heterocycles. The molecular formula is C12H12ClIN2S. The largest absolute Gasteiger partial charge is 0.397 e. The topological polar surface area (TPSA) is 38.0 Å². The van der Waals surface area contributed by atoms with E-state index < -0.39 is 0 Å². The summed E-state index contributed by atoms with van der Waals surface area (Å²) in [7, 11) is 0. The molecule has 1 atom stereocenters. The summed E-state index contributed by atoms with van der Waals surface area (Å²) in [5, 5.41) is 3.39. The zero-order chi connectivity index (χ0) is 12.4. The highest BCUT2D eigenvalue weighted by atomic mass is 127. The third-order valence-corrected chi connectivity index (χ3v) is 4.49. The molecule has 17 heavy (non-hydrogen) atoms. The highest BCUT2D eigenvalue weighted by molar-refractivity contribution is 14.1. The Bertz CT molecular complexity index is 527. The minimum Gasteiger partial charge on any atom is -0.397 e. The Labute approximate surface area is 123 Å². The first-order valence-electron chi connectivity index (χ1n) is 5.13. The lowest BCUT2D eigenvalue weighted by Crippen LogP contribution is -2.06. The molecule has 1 unspecified atom stereocenters. The highest BCUT2D eigenvalue weighted by Gasteiger charge is 2.09. The molecule has 2 aromatic rings. The SMILES string of the molecule is CC(Nc1ccc(I)cc1N)c1ccc(Cl)s1. The van der Waals surface area contributed by atoms with E-state index in [1.54, 1.807) is 11.3 Å². The van der Waals surface area contributed by atoms with E-state index in [9.17, 15) is 0 Å². The second-order valence-electron chi connectivity index (χ2n) is 3.74. The van der Waals surface area contributed by atoms with Gasteiger partial charge >= 0.3 is 0 Å². The van der Waals surface area contributed by atoms with Gasteiger partial charge < -0.3 is 11.1 Å². The summed E-state index contributed by atoms with van der Waals surface area (Å²) in [5.41, 5.74) is 7.69. The average molecular weight is 379 g/mol. The van der Waals surface area contributed by atoms with Crippen LogP contribution in [0.1, 0.15) is 17.8 Å². The smallest absolute Gasteiger partial charge is 0.0932 e. The quantitative estimate of drug-likeness (QED) is 0.597. The fraction of sp³-hybridized carbons (Fsp3) is 0.167. The molecule has 2 nitrogen and oxygen atoms in total. The van der Waals surface area contributed by atoms with Crippen molar-refractivity contribution in [1.29, 1.82) is 0 Å². The number of anilines is 2. The second-order valence-corrected chi connectivity index (χ2v) is 6.73. The molecule has 0 spiro atoms. The van der Waals surface area contributed by atoms with Crippen molar-refractivity contribution in [2.45, 2.75) is 13.0 Å². The Morgan fingerprint density at radius 3 is 2.71 bits per heavy atom. The maximum atomic E-state index is 5.96. The zero-order valence-electron chi connectivity index (χ0n) is 9.21. The maximum Gasteiger partial charge on any atom is 0.0932 e. The van der Waals surface area contributed by atoms with Crippen molar-refractivity contribution >= 4 is 56.9 Å². The summed E-state index contributed by atoms with van der Waals surface area (Å²) >= 11 is 9.76. The minimum absolute atomic E-state index is 0.204. The van der Waals surface area contributed by atoms with Crippen LogP contribution in [0.15, 0.2) is 30.3 Å². The van der Waals surface area contributed by atoms with Crippen LogP contribution in [-0.4, -0.2) is 0 Å². The normalized spacial score (nSPS) is 12.4. The fourth-order valence-corrected chi connectivity index (χ4v) is 3.11. The molecule has 0 amide bonds. The van der Waals surface area contributed by atoms with Crippen LogP contribution in [0.5, 0.6) is 0 Å².